The van der Waals surface area contributed by atoms with Crippen molar-refractivity contribution >= 4 is 56.2 Å². The molecule has 0 radical (unpaired) electrons. The Bertz CT molecular complexity index is 1760. The fourth-order valence-electron chi connectivity index (χ4n) is 4.83. The fourth-order valence-corrected chi connectivity index (χ4v) is 4.83. The molecule has 0 saturated carbocycles. The van der Waals surface area contributed by atoms with Gasteiger partial charge in [-0.25, -0.2) is 9.59 Å². The molecule has 0 atom stereocenters. The van der Waals surface area contributed by atoms with Gasteiger partial charge in [0.05, 0.1) is 0 Å². The molecule has 0 bridgehead atoms. The lowest BCUT2D eigenvalue weighted by Crippen LogP contribution is -2.15. The average molecular weight is 543 g/mol. The van der Waals surface area contributed by atoms with Crippen LogP contribution in [0.4, 0.5) is 22.7 Å². The van der Waals surface area contributed by atoms with Gasteiger partial charge in [-0.05, 0) is 101 Å². The summed E-state index contributed by atoms with van der Waals surface area (Å²) in [7, 11) is 2.01. The molecule has 0 N–H and O–H groups in total. The zero-order chi connectivity index (χ0) is 28.9. The summed E-state index contributed by atoms with van der Waals surface area (Å²) >= 11 is 0. The maximum Gasteiger partial charge on any atom is 0.335 e. The van der Waals surface area contributed by atoms with Crippen LogP contribution in [0, 0.1) is 0 Å². The van der Waals surface area contributed by atoms with E-state index in [1.807, 2.05) is 31.3 Å². The van der Waals surface area contributed by atoms with Crippen LogP contribution in [0.3, 0.4) is 0 Å². The number of carbonyl (C=O) groups is 2. The van der Waals surface area contributed by atoms with Crippen LogP contribution in [0.1, 0.15) is 6.92 Å². The van der Waals surface area contributed by atoms with Gasteiger partial charge in [0.25, 0.3) is 0 Å². The normalized spacial score (nSPS) is 10.7. The summed E-state index contributed by atoms with van der Waals surface area (Å²) in [5.41, 5.74) is 4.10. The molecular formula is C35H30N2O4. The van der Waals surface area contributed by atoms with Crippen LogP contribution in [0.5, 0.6) is 11.5 Å². The molecule has 6 heteroatoms. The molecule has 0 heterocycles. The first-order chi connectivity index (χ1) is 19.9. The summed E-state index contributed by atoms with van der Waals surface area (Å²) in [4.78, 5) is 27.2. The Kier molecular flexibility index (Phi) is 7.83. The molecule has 0 fully saturated rings. The fraction of sp³-hybridized carbons (Fsp3) is 0.0857. The van der Waals surface area contributed by atoms with Crippen molar-refractivity contribution in [1.29, 1.82) is 0 Å². The van der Waals surface area contributed by atoms with Crippen LogP contribution in [-0.2, 0) is 9.59 Å². The van der Waals surface area contributed by atoms with Crippen molar-refractivity contribution in [1.82, 2.24) is 0 Å². The van der Waals surface area contributed by atoms with Crippen LogP contribution in [0.25, 0.3) is 21.5 Å². The van der Waals surface area contributed by atoms with E-state index >= 15 is 0 Å². The molecule has 0 amide bonds. The first-order valence-corrected chi connectivity index (χ1v) is 13.3. The number of benzene rings is 5. The molecular weight excluding hydrogens is 512 g/mol. The standard InChI is InChI=1S/C35H30N2O4/c1-5-34(38)40-30-16-10-26(11-17-30)36(4)28-14-20-32-24(22-28)8-9-25-23-29(15-21-33(25)32)37(7-3)27-12-18-31(19-13-27)41-35(39)6-2/h5-6,8-23H,1-2,7H2,3-4H3. The average Bonchev–Trinajstić information content (AvgIpc) is 3.01. The van der Waals surface area contributed by atoms with Crippen LogP contribution >= 0.6 is 0 Å². The molecule has 6 nitrogen and oxygen atoms in total. The number of anilines is 4. The second-order valence-corrected chi connectivity index (χ2v) is 9.42. The number of rotatable bonds is 9. The molecule has 0 aromatic heterocycles. The molecule has 5 aromatic rings. The molecule has 41 heavy (non-hydrogen) atoms. The number of hydrogen-bond donors (Lipinski definition) is 0. The van der Waals surface area contributed by atoms with E-state index in [1.54, 1.807) is 24.3 Å². The highest BCUT2D eigenvalue weighted by atomic mass is 16.5. The second-order valence-electron chi connectivity index (χ2n) is 9.42. The van der Waals surface area contributed by atoms with Crippen molar-refractivity contribution in [3.05, 3.63) is 122 Å². The van der Waals surface area contributed by atoms with E-state index < -0.39 is 11.9 Å². The molecule has 5 rings (SSSR count). The van der Waals surface area contributed by atoms with Crippen molar-refractivity contribution in [3.63, 3.8) is 0 Å². The third kappa shape index (κ3) is 5.82. The minimum atomic E-state index is -0.482. The Balaban J connectivity index is 1.39. The van der Waals surface area contributed by atoms with Crippen LogP contribution in [0.15, 0.2) is 122 Å². The summed E-state index contributed by atoms with van der Waals surface area (Å²) in [5.74, 6) is -0.00219. The lowest BCUT2D eigenvalue weighted by Gasteiger charge is -2.24. The third-order valence-corrected chi connectivity index (χ3v) is 6.96. The van der Waals surface area contributed by atoms with Crippen molar-refractivity contribution < 1.29 is 19.1 Å². The summed E-state index contributed by atoms with van der Waals surface area (Å²) < 4.78 is 10.4. The number of hydrogen-bond acceptors (Lipinski definition) is 6. The predicted octanol–water partition coefficient (Wildman–Crippen LogP) is 8.10. The maximum atomic E-state index is 11.5. The quantitative estimate of drug-likeness (QED) is 0.0812. The SMILES string of the molecule is C=CC(=O)Oc1ccc(N(C)c2ccc3c(ccc4cc(N(CC)c5ccc(OC(=O)C=C)cc5)ccc43)c2)cc1. The van der Waals surface area contributed by atoms with Gasteiger partial charge in [-0.2, -0.15) is 0 Å². The van der Waals surface area contributed by atoms with Crippen LogP contribution in [0.2, 0.25) is 0 Å². The van der Waals surface area contributed by atoms with Crippen molar-refractivity contribution in [2.75, 3.05) is 23.4 Å². The van der Waals surface area contributed by atoms with Gasteiger partial charge in [0, 0.05) is 48.5 Å². The van der Waals surface area contributed by atoms with E-state index in [2.05, 4.69) is 78.4 Å². The van der Waals surface area contributed by atoms with Crippen molar-refractivity contribution in [3.8, 4) is 11.5 Å². The van der Waals surface area contributed by atoms with Gasteiger partial charge < -0.3 is 19.3 Å². The summed E-state index contributed by atoms with van der Waals surface area (Å²) in [6, 6.07) is 32.1. The Morgan fingerprint density at radius 1 is 0.634 bits per heavy atom. The highest BCUT2D eigenvalue weighted by Crippen LogP contribution is 2.35. The minimum absolute atomic E-state index is 0.476. The predicted molar refractivity (Wildman–Crippen MR) is 167 cm³/mol. The van der Waals surface area contributed by atoms with Crippen molar-refractivity contribution in [2.24, 2.45) is 0 Å². The minimum Gasteiger partial charge on any atom is -0.423 e. The largest absolute Gasteiger partial charge is 0.423 e. The number of carbonyl (C=O) groups excluding carboxylic acids is 2. The summed E-state index contributed by atoms with van der Waals surface area (Å²) in [5, 5.41) is 4.64. The van der Waals surface area contributed by atoms with Gasteiger partial charge in [-0.15, -0.1) is 0 Å². The lowest BCUT2D eigenvalue weighted by atomic mass is 10.0. The molecule has 0 spiro atoms. The summed E-state index contributed by atoms with van der Waals surface area (Å²) in [6.45, 7) is 9.75. The van der Waals surface area contributed by atoms with E-state index in [0.29, 0.717) is 11.5 Å². The Morgan fingerprint density at radius 2 is 1.07 bits per heavy atom. The second kappa shape index (κ2) is 11.8. The van der Waals surface area contributed by atoms with Gasteiger partial charge in [-0.1, -0.05) is 37.4 Å². The number of esters is 2. The lowest BCUT2D eigenvalue weighted by molar-refractivity contribution is -0.129. The Morgan fingerprint density at radius 3 is 1.56 bits per heavy atom. The Labute approximate surface area is 239 Å². The van der Waals surface area contributed by atoms with Crippen molar-refractivity contribution in [2.45, 2.75) is 6.92 Å². The van der Waals surface area contributed by atoms with E-state index in [9.17, 15) is 9.59 Å². The molecule has 0 aliphatic rings. The first kappa shape index (κ1) is 27.2. The van der Waals surface area contributed by atoms with Gasteiger partial charge in [0.2, 0.25) is 0 Å². The van der Waals surface area contributed by atoms with Crippen LogP contribution < -0.4 is 19.3 Å². The van der Waals surface area contributed by atoms with Crippen LogP contribution in [-0.4, -0.2) is 25.5 Å². The monoisotopic (exact) mass is 542 g/mol. The highest BCUT2D eigenvalue weighted by Gasteiger charge is 2.12. The van der Waals surface area contributed by atoms with Gasteiger partial charge in [0.1, 0.15) is 11.5 Å². The zero-order valence-corrected chi connectivity index (χ0v) is 23.0. The molecule has 204 valence electrons. The molecule has 0 aliphatic carbocycles. The van der Waals surface area contributed by atoms with Gasteiger partial charge in [-0.3, -0.25) is 0 Å². The van der Waals surface area contributed by atoms with E-state index in [4.69, 9.17) is 9.47 Å². The van der Waals surface area contributed by atoms with E-state index in [0.717, 1.165) is 52.2 Å². The molecule has 0 unspecified atom stereocenters. The van der Waals surface area contributed by atoms with Gasteiger partial charge >= 0.3 is 11.9 Å². The third-order valence-electron chi connectivity index (χ3n) is 6.96. The maximum absolute atomic E-state index is 11.5. The zero-order valence-electron chi connectivity index (χ0n) is 23.0. The Hall–Kier alpha value is -5.36. The number of fused-ring (bicyclic) bond motifs is 3. The first-order valence-electron chi connectivity index (χ1n) is 13.3. The molecule has 0 aliphatic heterocycles. The molecule has 5 aromatic carbocycles. The molecule has 0 saturated heterocycles. The topological polar surface area (TPSA) is 59.1 Å². The summed E-state index contributed by atoms with van der Waals surface area (Å²) in [6.07, 6.45) is 2.29. The van der Waals surface area contributed by atoms with E-state index in [-0.39, 0.29) is 0 Å². The van der Waals surface area contributed by atoms with Gasteiger partial charge in [0.15, 0.2) is 0 Å². The number of nitrogens with zero attached hydrogens (tertiary/aromatic N) is 2. The smallest absolute Gasteiger partial charge is 0.335 e. The van der Waals surface area contributed by atoms with E-state index in [1.165, 1.54) is 10.8 Å². The highest BCUT2D eigenvalue weighted by molar-refractivity contribution is 6.09. The number of ether oxygens (including phenoxy) is 2.